The summed E-state index contributed by atoms with van der Waals surface area (Å²) < 4.78 is 23.1. The lowest BCUT2D eigenvalue weighted by Crippen LogP contribution is -2.40. The van der Waals surface area contributed by atoms with Crippen molar-refractivity contribution >= 4 is 17.9 Å². The summed E-state index contributed by atoms with van der Waals surface area (Å²) in [5.74, 6) is -1.96. The second kappa shape index (κ2) is 79.5. The Morgan fingerprint density at radius 2 is 0.526 bits per heavy atom. The topological polar surface area (TPSA) is 108 Å². The molecule has 0 aromatic heterocycles. The van der Waals surface area contributed by atoms with Crippen LogP contribution in [0.4, 0.5) is 0 Å². The third-order valence-corrected chi connectivity index (χ3v) is 20.2. The second-order valence-electron chi connectivity index (χ2n) is 31.2. The van der Waals surface area contributed by atoms with E-state index in [0.29, 0.717) is 17.4 Å². The molecule has 0 saturated carbocycles. The summed E-state index contributed by atoms with van der Waals surface area (Å²) >= 11 is 0. The zero-order valence-corrected chi connectivity index (χ0v) is 66.0. The maximum atomic E-state index is 13.0. The van der Waals surface area contributed by atoms with Crippen molar-refractivity contribution < 1.29 is 42.9 Å². The van der Waals surface area contributed by atoms with E-state index in [0.717, 1.165) is 38.5 Å². The molecule has 0 amide bonds. The van der Waals surface area contributed by atoms with Gasteiger partial charge in [0.05, 0.1) is 34.4 Å². The number of carbonyl (C=O) groups excluding carboxylic acids is 2. The van der Waals surface area contributed by atoms with E-state index in [-0.39, 0.29) is 38.2 Å². The number of carboxylic acids is 1. The van der Waals surface area contributed by atoms with Gasteiger partial charge in [-0.2, -0.15) is 0 Å². The predicted octanol–water partition coefficient (Wildman–Crippen LogP) is 28.1. The summed E-state index contributed by atoms with van der Waals surface area (Å²) in [6.07, 6.45) is 99.5. The molecule has 0 rings (SSSR count). The standard InChI is InChI=1S/C88H169NO8/c1-6-8-10-12-14-16-18-20-22-24-26-28-30-32-34-36-38-40-42-43-45-47-49-51-53-55-57-59-61-63-65-67-69-71-73-75-77-79-86(91)97-84(83-96-88(87(92)93)94-81-80-89(3,4)5)82-95-85(90)78-76-74-72-70-68-66-64-62-60-58-56-54-52-50-48-46-44-41-39-37-35-33-31-29-27-25-23-21-19-17-15-13-11-9-7-2/h24-27,84,88H,6-23,28-83H2,1-5H3/p+1/b26-24-,27-25-. The molecule has 0 bridgehead atoms. The lowest BCUT2D eigenvalue weighted by molar-refractivity contribution is -0.870. The zero-order chi connectivity index (χ0) is 70.4. The van der Waals surface area contributed by atoms with Crippen LogP contribution < -0.4 is 0 Å². The van der Waals surface area contributed by atoms with E-state index in [4.69, 9.17) is 18.9 Å². The maximum absolute atomic E-state index is 13.0. The van der Waals surface area contributed by atoms with Crippen LogP contribution in [0.2, 0.25) is 0 Å². The summed E-state index contributed by atoms with van der Waals surface area (Å²) in [5, 5.41) is 9.79. The number of likely N-dealkylation sites (N-methyl/N-ethyl adjacent to an activating group) is 1. The number of esters is 2. The van der Waals surface area contributed by atoms with Crippen LogP contribution in [0, 0.1) is 0 Å². The molecule has 9 heteroatoms. The van der Waals surface area contributed by atoms with E-state index in [1.165, 1.54) is 398 Å². The van der Waals surface area contributed by atoms with Gasteiger partial charge in [-0.25, -0.2) is 4.79 Å². The van der Waals surface area contributed by atoms with Crippen LogP contribution in [0.1, 0.15) is 463 Å². The van der Waals surface area contributed by atoms with Crippen LogP contribution in [-0.4, -0.2) is 87.4 Å². The normalized spacial score (nSPS) is 12.6. The highest BCUT2D eigenvalue weighted by molar-refractivity contribution is 5.71. The highest BCUT2D eigenvalue weighted by atomic mass is 16.7. The Labute approximate surface area is 605 Å². The first-order chi connectivity index (χ1) is 47.6. The fourth-order valence-electron chi connectivity index (χ4n) is 13.5. The number of allylic oxidation sites excluding steroid dienone is 4. The first-order valence-corrected chi connectivity index (χ1v) is 43.5. The van der Waals surface area contributed by atoms with Gasteiger partial charge in [-0.3, -0.25) is 9.59 Å². The molecule has 9 nitrogen and oxygen atoms in total. The van der Waals surface area contributed by atoms with Crippen molar-refractivity contribution in [2.75, 3.05) is 47.5 Å². The number of quaternary nitrogens is 1. The van der Waals surface area contributed by atoms with Crippen LogP contribution in [0.25, 0.3) is 0 Å². The summed E-state index contributed by atoms with van der Waals surface area (Å²) in [6, 6.07) is 0. The van der Waals surface area contributed by atoms with Gasteiger partial charge in [-0.1, -0.05) is 411 Å². The third-order valence-electron chi connectivity index (χ3n) is 20.2. The van der Waals surface area contributed by atoms with Crippen molar-refractivity contribution in [3.05, 3.63) is 24.3 Å². The molecular weight excluding hydrogens is 1200 g/mol. The molecule has 0 saturated heterocycles. The first-order valence-electron chi connectivity index (χ1n) is 43.5. The first kappa shape index (κ1) is 94.8. The van der Waals surface area contributed by atoms with Crippen molar-refractivity contribution in [3.8, 4) is 0 Å². The van der Waals surface area contributed by atoms with E-state index in [2.05, 4.69) is 38.2 Å². The molecule has 0 spiro atoms. The summed E-state index contributed by atoms with van der Waals surface area (Å²) in [7, 11) is 6.01. The number of rotatable bonds is 83. The maximum Gasteiger partial charge on any atom is 0.361 e. The molecule has 0 aliphatic rings. The molecule has 0 aliphatic heterocycles. The molecule has 0 aromatic rings. The number of aliphatic carboxylic acids is 1. The van der Waals surface area contributed by atoms with Gasteiger partial charge in [0.2, 0.25) is 0 Å². The van der Waals surface area contributed by atoms with E-state index < -0.39 is 18.4 Å². The Bertz CT molecular complexity index is 1640. The van der Waals surface area contributed by atoms with Crippen molar-refractivity contribution in [2.45, 2.75) is 476 Å². The minimum atomic E-state index is -1.51. The quantitative estimate of drug-likeness (QED) is 0.0211. The molecule has 0 heterocycles. The van der Waals surface area contributed by atoms with Crippen LogP contribution in [0.3, 0.4) is 0 Å². The average Bonchev–Trinajstić information content (AvgIpc) is 3.11. The highest BCUT2D eigenvalue weighted by Crippen LogP contribution is 2.21. The molecule has 2 unspecified atom stereocenters. The van der Waals surface area contributed by atoms with E-state index >= 15 is 0 Å². The number of nitrogens with zero attached hydrogens (tertiary/aromatic N) is 1. The lowest BCUT2D eigenvalue weighted by atomic mass is 10.0. The Hall–Kier alpha value is -2.23. The third kappa shape index (κ3) is 80.9. The molecule has 1 N–H and O–H groups in total. The fraction of sp³-hybridized carbons (Fsp3) is 0.920. The largest absolute Gasteiger partial charge is 0.477 e. The number of hydrogen-bond acceptors (Lipinski definition) is 7. The number of carbonyl (C=O) groups is 3. The molecule has 97 heavy (non-hydrogen) atoms. The Morgan fingerprint density at radius 3 is 0.763 bits per heavy atom. The van der Waals surface area contributed by atoms with Crippen LogP contribution >= 0.6 is 0 Å². The summed E-state index contributed by atoms with van der Waals surface area (Å²) in [5.41, 5.74) is 0. The van der Waals surface area contributed by atoms with Crippen molar-refractivity contribution in [2.24, 2.45) is 0 Å². The predicted molar refractivity (Wildman–Crippen MR) is 420 cm³/mol. The van der Waals surface area contributed by atoms with Crippen LogP contribution in [0.15, 0.2) is 24.3 Å². The van der Waals surface area contributed by atoms with Gasteiger partial charge in [0.25, 0.3) is 6.29 Å². The van der Waals surface area contributed by atoms with Gasteiger partial charge < -0.3 is 28.5 Å². The molecule has 0 fully saturated rings. The Morgan fingerprint density at radius 1 is 0.299 bits per heavy atom. The van der Waals surface area contributed by atoms with Crippen molar-refractivity contribution in [1.29, 1.82) is 0 Å². The number of unbranched alkanes of at least 4 members (excludes halogenated alkanes) is 64. The van der Waals surface area contributed by atoms with Gasteiger partial charge in [0.1, 0.15) is 13.2 Å². The lowest BCUT2D eigenvalue weighted by Gasteiger charge is -2.25. The number of hydrogen-bond donors (Lipinski definition) is 1. The molecule has 574 valence electrons. The van der Waals surface area contributed by atoms with Crippen LogP contribution in [0.5, 0.6) is 0 Å². The molecule has 2 atom stereocenters. The average molecular weight is 1370 g/mol. The molecule has 0 aromatic carbocycles. The molecule has 0 radical (unpaired) electrons. The van der Waals surface area contributed by atoms with Gasteiger partial charge in [-0.05, 0) is 64.2 Å². The van der Waals surface area contributed by atoms with Crippen molar-refractivity contribution in [1.82, 2.24) is 0 Å². The van der Waals surface area contributed by atoms with Gasteiger partial charge in [-0.15, -0.1) is 0 Å². The molecule has 0 aliphatic carbocycles. The SMILES string of the molecule is CCCCCCCCCC/C=C\CCCCCCCCCCCCCCCCCCCCCCCCCCCC(=O)OC(COC(=O)CCCCCCCCCCCCCCCCCCCCCCCCC/C=C\CCCCCCCCCC)COC(OCC[N+](C)(C)C)C(=O)O. The van der Waals surface area contributed by atoms with Crippen LogP contribution in [-0.2, 0) is 33.3 Å². The Kier molecular flexibility index (Phi) is 77.6. The number of ether oxygens (including phenoxy) is 4. The van der Waals surface area contributed by atoms with Crippen molar-refractivity contribution in [3.63, 3.8) is 0 Å². The number of carboxylic acid groups (broad SMARTS) is 1. The summed E-state index contributed by atoms with van der Waals surface area (Å²) in [6.45, 7) is 4.97. The minimum Gasteiger partial charge on any atom is -0.477 e. The van der Waals surface area contributed by atoms with Gasteiger partial charge in [0, 0.05) is 12.8 Å². The smallest absolute Gasteiger partial charge is 0.361 e. The highest BCUT2D eigenvalue weighted by Gasteiger charge is 2.25. The second-order valence-corrected chi connectivity index (χ2v) is 31.2. The van der Waals surface area contributed by atoms with E-state index in [1.807, 2.05) is 21.1 Å². The Balaban J connectivity index is 3.91. The minimum absolute atomic E-state index is 0.174. The van der Waals surface area contributed by atoms with Gasteiger partial charge in [0.15, 0.2) is 6.10 Å². The van der Waals surface area contributed by atoms with Gasteiger partial charge >= 0.3 is 17.9 Å². The summed E-state index contributed by atoms with van der Waals surface area (Å²) in [4.78, 5) is 37.8. The fourth-order valence-corrected chi connectivity index (χ4v) is 13.5. The zero-order valence-electron chi connectivity index (χ0n) is 66.0. The van der Waals surface area contributed by atoms with E-state index in [1.54, 1.807) is 0 Å². The molecular formula is C88H170NO8+. The monoisotopic (exact) mass is 1370 g/mol. The van der Waals surface area contributed by atoms with E-state index in [9.17, 15) is 19.5 Å².